The minimum absolute atomic E-state index is 0.0000350. The van der Waals surface area contributed by atoms with Crippen LogP contribution in [-0.4, -0.2) is 18.9 Å². The molecule has 0 bridgehead atoms. The highest BCUT2D eigenvalue weighted by atomic mass is 16.5. The van der Waals surface area contributed by atoms with Crippen molar-refractivity contribution in [3.63, 3.8) is 0 Å². The van der Waals surface area contributed by atoms with Crippen LogP contribution in [0.4, 0.5) is 5.69 Å². The van der Waals surface area contributed by atoms with Gasteiger partial charge < -0.3 is 9.64 Å². The van der Waals surface area contributed by atoms with Crippen LogP contribution >= 0.6 is 0 Å². The number of esters is 1. The molecule has 3 aliphatic rings. The molecule has 4 heteroatoms. The summed E-state index contributed by atoms with van der Waals surface area (Å²) in [6.45, 7) is 1.81. The normalized spacial score (nSPS) is 31.6. The van der Waals surface area contributed by atoms with Crippen molar-refractivity contribution in [2.75, 3.05) is 11.9 Å². The molecule has 2 aromatic carbocycles. The van der Waals surface area contributed by atoms with Crippen molar-refractivity contribution in [3.8, 4) is 0 Å². The van der Waals surface area contributed by atoms with Crippen LogP contribution in [0.15, 0.2) is 66.4 Å². The van der Waals surface area contributed by atoms with Gasteiger partial charge in [-0.3, -0.25) is 9.59 Å². The van der Waals surface area contributed by atoms with Gasteiger partial charge in [0.25, 0.3) is 0 Å². The standard InChI is InChI=1S/C23H21NO3/c1-14-12-16-13-23(17-10-6-7-11-18(17)24(2)22(23)26)20(19(16)21(25)27-14)15-8-4-3-5-9-15/h3-12,16,19-20H,13H2,1-2H3/t16-,19-,20+,23+/m0/s1. The van der Waals surface area contributed by atoms with Gasteiger partial charge in [0.2, 0.25) is 5.91 Å². The molecule has 1 fully saturated rings. The summed E-state index contributed by atoms with van der Waals surface area (Å²) in [6.07, 6.45) is 2.66. The first-order valence-electron chi connectivity index (χ1n) is 9.37. The first-order valence-corrected chi connectivity index (χ1v) is 9.37. The molecular formula is C23H21NO3. The first kappa shape index (κ1) is 16.3. The van der Waals surface area contributed by atoms with Crippen molar-refractivity contribution in [3.05, 3.63) is 77.6 Å². The average Bonchev–Trinajstić information content (AvgIpc) is 3.12. The molecule has 2 aliphatic heterocycles. The molecule has 0 aromatic heterocycles. The topological polar surface area (TPSA) is 46.6 Å². The summed E-state index contributed by atoms with van der Waals surface area (Å²) in [5.41, 5.74) is 2.26. The Kier molecular flexibility index (Phi) is 3.36. The number of fused-ring (bicyclic) bond motifs is 3. The number of para-hydroxylation sites is 1. The van der Waals surface area contributed by atoms with Crippen LogP contribution in [0.2, 0.25) is 0 Å². The Labute approximate surface area is 158 Å². The molecule has 1 amide bonds. The number of likely N-dealkylation sites (N-methyl/N-ethyl adjacent to an activating group) is 1. The van der Waals surface area contributed by atoms with Crippen LogP contribution in [0.25, 0.3) is 0 Å². The van der Waals surface area contributed by atoms with E-state index >= 15 is 0 Å². The minimum Gasteiger partial charge on any atom is -0.431 e. The Morgan fingerprint density at radius 2 is 1.74 bits per heavy atom. The largest absolute Gasteiger partial charge is 0.431 e. The van der Waals surface area contributed by atoms with Gasteiger partial charge in [0.15, 0.2) is 0 Å². The number of carbonyl (C=O) groups excluding carboxylic acids is 2. The van der Waals surface area contributed by atoms with Crippen molar-refractivity contribution in [2.45, 2.75) is 24.7 Å². The lowest BCUT2D eigenvalue weighted by Crippen LogP contribution is -2.42. The fourth-order valence-corrected chi connectivity index (χ4v) is 5.53. The van der Waals surface area contributed by atoms with E-state index in [1.807, 2.05) is 74.6 Å². The Morgan fingerprint density at radius 1 is 1.04 bits per heavy atom. The van der Waals surface area contributed by atoms with E-state index < -0.39 is 5.41 Å². The van der Waals surface area contributed by atoms with E-state index in [2.05, 4.69) is 0 Å². The number of cyclic esters (lactones) is 1. The first-order chi connectivity index (χ1) is 13.0. The van der Waals surface area contributed by atoms with Gasteiger partial charge in [-0.25, -0.2) is 0 Å². The SMILES string of the molecule is CC1=C[C@H]2C[C@]3(C(=O)N(C)c4ccccc43)[C@H](c3ccccc3)[C@H]2C(=O)O1. The zero-order valence-electron chi connectivity index (χ0n) is 15.4. The van der Waals surface area contributed by atoms with E-state index in [0.717, 1.165) is 16.8 Å². The molecule has 0 N–H and O–H groups in total. The van der Waals surface area contributed by atoms with Gasteiger partial charge in [0.1, 0.15) is 5.76 Å². The summed E-state index contributed by atoms with van der Waals surface area (Å²) >= 11 is 0. The molecule has 1 saturated carbocycles. The van der Waals surface area contributed by atoms with Crippen molar-refractivity contribution in [1.82, 2.24) is 0 Å². The number of allylic oxidation sites excluding steroid dienone is 2. The quantitative estimate of drug-likeness (QED) is 0.728. The van der Waals surface area contributed by atoms with Crippen molar-refractivity contribution in [2.24, 2.45) is 11.8 Å². The van der Waals surface area contributed by atoms with E-state index in [1.165, 1.54) is 0 Å². The number of anilines is 1. The van der Waals surface area contributed by atoms with Gasteiger partial charge in [-0.05, 0) is 42.5 Å². The van der Waals surface area contributed by atoms with Gasteiger partial charge in [-0.15, -0.1) is 0 Å². The van der Waals surface area contributed by atoms with E-state index in [4.69, 9.17) is 4.74 Å². The van der Waals surface area contributed by atoms with E-state index in [1.54, 1.807) is 4.90 Å². The Morgan fingerprint density at radius 3 is 2.52 bits per heavy atom. The Bertz CT molecular complexity index is 980. The molecule has 1 spiro atoms. The van der Waals surface area contributed by atoms with Crippen LogP contribution in [0.5, 0.6) is 0 Å². The smallest absolute Gasteiger partial charge is 0.315 e. The zero-order chi connectivity index (χ0) is 18.8. The maximum absolute atomic E-state index is 13.7. The highest BCUT2D eigenvalue weighted by Gasteiger charge is 2.65. The Hall–Kier alpha value is -2.88. The molecule has 4 nitrogen and oxygen atoms in total. The summed E-state index contributed by atoms with van der Waals surface area (Å²) in [5, 5.41) is 0. The van der Waals surface area contributed by atoms with Gasteiger partial charge in [0.05, 0.1) is 11.3 Å². The van der Waals surface area contributed by atoms with Crippen LogP contribution in [0.1, 0.15) is 30.4 Å². The lowest BCUT2D eigenvalue weighted by atomic mass is 9.68. The predicted octanol–water partition coefficient (Wildman–Crippen LogP) is 3.78. The van der Waals surface area contributed by atoms with Gasteiger partial charge in [-0.1, -0.05) is 48.5 Å². The highest BCUT2D eigenvalue weighted by Crippen LogP contribution is 2.63. The summed E-state index contributed by atoms with van der Waals surface area (Å²) in [4.78, 5) is 28.3. The van der Waals surface area contributed by atoms with Gasteiger partial charge in [-0.2, -0.15) is 0 Å². The predicted molar refractivity (Wildman–Crippen MR) is 102 cm³/mol. The van der Waals surface area contributed by atoms with Crippen molar-refractivity contribution < 1.29 is 14.3 Å². The number of hydrogen-bond donors (Lipinski definition) is 0. The van der Waals surface area contributed by atoms with Gasteiger partial charge in [0, 0.05) is 18.7 Å². The number of amides is 1. The summed E-state index contributed by atoms with van der Waals surface area (Å²) in [5.74, 6) is -0.0905. The van der Waals surface area contributed by atoms with Crippen molar-refractivity contribution in [1.29, 1.82) is 0 Å². The van der Waals surface area contributed by atoms with Crippen LogP contribution in [-0.2, 0) is 19.7 Å². The second-order valence-corrected chi connectivity index (χ2v) is 7.83. The molecule has 136 valence electrons. The summed E-state index contributed by atoms with van der Waals surface area (Å²) < 4.78 is 5.50. The van der Waals surface area contributed by atoms with E-state index in [-0.39, 0.29) is 29.6 Å². The molecule has 2 aromatic rings. The molecule has 2 heterocycles. The molecule has 27 heavy (non-hydrogen) atoms. The molecule has 0 saturated heterocycles. The highest BCUT2D eigenvalue weighted by molar-refractivity contribution is 6.09. The summed E-state index contributed by atoms with van der Waals surface area (Å²) in [6, 6.07) is 17.9. The average molecular weight is 359 g/mol. The van der Waals surface area contributed by atoms with Crippen LogP contribution in [0, 0.1) is 11.8 Å². The number of carbonyl (C=O) groups is 2. The van der Waals surface area contributed by atoms with E-state index in [9.17, 15) is 9.59 Å². The fourth-order valence-electron chi connectivity index (χ4n) is 5.53. The number of hydrogen-bond acceptors (Lipinski definition) is 3. The number of benzene rings is 2. The molecular weight excluding hydrogens is 338 g/mol. The number of ether oxygens (including phenoxy) is 1. The number of rotatable bonds is 1. The molecule has 1 aliphatic carbocycles. The minimum atomic E-state index is -0.734. The lowest BCUT2D eigenvalue weighted by molar-refractivity contribution is -0.147. The third-order valence-corrected chi connectivity index (χ3v) is 6.48. The van der Waals surface area contributed by atoms with Crippen LogP contribution in [0.3, 0.4) is 0 Å². The second-order valence-electron chi connectivity index (χ2n) is 7.83. The van der Waals surface area contributed by atoms with E-state index in [0.29, 0.717) is 12.2 Å². The summed E-state index contributed by atoms with van der Waals surface area (Å²) in [7, 11) is 1.83. The van der Waals surface area contributed by atoms with Crippen molar-refractivity contribution >= 4 is 17.6 Å². The molecule has 0 radical (unpaired) electrons. The third-order valence-electron chi connectivity index (χ3n) is 6.48. The van der Waals surface area contributed by atoms with Crippen LogP contribution < -0.4 is 4.90 Å². The monoisotopic (exact) mass is 359 g/mol. The zero-order valence-corrected chi connectivity index (χ0v) is 15.4. The third kappa shape index (κ3) is 2.04. The lowest BCUT2D eigenvalue weighted by Gasteiger charge is -2.33. The fraction of sp³-hybridized carbons (Fsp3) is 0.304. The second kappa shape index (κ2) is 5.56. The molecule has 0 unspecified atom stereocenters. The molecule has 5 rings (SSSR count). The van der Waals surface area contributed by atoms with Gasteiger partial charge >= 0.3 is 5.97 Å². The number of nitrogens with zero attached hydrogens (tertiary/aromatic N) is 1. The Balaban J connectivity index is 1.79. The maximum Gasteiger partial charge on any atom is 0.315 e. The maximum atomic E-state index is 13.7. The molecule has 4 atom stereocenters.